The molecule has 0 amide bonds. The summed E-state index contributed by atoms with van der Waals surface area (Å²) in [5.41, 5.74) is 0. The second-order valence-corrected chi connectivity index (χ2v) is 7.39. The second-order valence-electron chi connectivity index (χ2n) is 5.56. The van der Waals surface area contributed by atoms with Crippen LogP contribution >= 0.6 is 0 Å². The van der Waals surface area contributed by atoms with Gasteiger partial charge in [0.2, 0.25) is 0 Å². The van der Waals surface area contributed by atoms with Crippen molar-refractivity contribution in [1.82, 2.24) is 0 Å². The van der Waals surface area contributed by atoms with E-state index >= 15 is 0 Å². The Morgan fingerprint density at radius 2 is 2.00 bits per heavy atom. The molecule has 1 unspecified atom stereocenters. The van der Waals surface area contributed by atoms with E-state index in [-0.39, 0.29) is 18.3 Å². The van der Waals surface area contributed by atoms with E-state index in [9.17, 15) is 8.42 Å². The van der Waals surface area contributed by atoms with Crippen LogP contribution in [0.25, 0.3) is 0 Å². The van der Waals surface area contributed by atoms with Crippen molar-refractivity contribution in [2.45, 2.75) is 43.0 Å². The van der Waals surface area contributed by atoms with Crippen molar-refractivity contribution in [2.75, 3.05) is 6.61 Å². The van der Waals surface area contributed by atoms with Crippen LogP contribution in [0.3, 0.4) is 0 Å². The van der Waals surface area contributed by atoms with Crippen LogP contribution in [0.15, 0.2) is 46.7 Å². The van der Waals surface area contributed by atoms with Crippen LogP contribution in [0, 0.1) is 5.92 Å². The molecule has 1 aromatic carbocycles. The van der Waals surface area contributed by atoms with Crippen LogP contribution in [0.2, 0.25) is 0 Å². The zero-order chi connectivity index (χ0) is 14.7. The topological polar surface area (TPSA) is 52.6 Å². The molecule has 0 N–H and O–H groups in total. The number of hydrogen-bond donors (Lipinski definition) is 0. The summed E-state index contributed by atoms with van der Waals surface area (Å²) >= 11 is 0. The monoisotopic (exact) mass is 308 g/mol. The maximum atomic E-state index is 12.1. The van der Waals surface area contributed by atoms with E-state index in [0.29, 0.717) is 4.90 Å². The molecule has 21 heavy (non-hydrogen) atoms. The van der Waals surface area contributed by atoms with Gasteiger partial charge in [-0.05, 0) is 37.8 Å². The smallest absolute Gasteiger partial charge is 0.199 e. The van der Waals surface area contributed by atoms with Crippen molar-refractivity contribution in [3.8, 4) is 0 Å². The van der Waals surface area contributed by atoms with Gasteiger partial charge in [-0.1, -0.05) is 24.3 Å². The van der Waals surface area contributed by atoms with E-state index in [0.717, 1.165) is 32.3 Å². The highest BCUT2D eigenvalue weighted by atomic mass is 32.2. The number of rotatable bonds is 5. The van der Waals surface area contributed by atoms with E-state index in [1.807, 2.05) is 0 Å². The SMILES string of the molecule is O=S(=O)(/C=C/[C@H]1C[C@H]1OC1CCCCO1)c1ccccc1. The van der Waals surface area contributed by atoms with Gasteiger partial charge in [-0.3, -0.25) is 0 Å². The van der Waals surface area contributed by atoms with Gasteiger partial charge in [-0.15, -0.1) is 0 Å². The Hall–Kier alpha value is -1.17. The van der Waals surface area contributed by atoms with Gasteiger partial charge < -0.3 is 9.47 Å². The van der Waals surface area contributed by atoms with Crippen LogP contribution in [0.4, 0.5) is 0 Å². The van der Waals surface area contributed by atoms with Crippen LogP contribution < -0.4 is 0 Å². The summed E-state index contributed by atoms with van der Waals surface area (Å²) in [5, 5.41) is 1.30. The minimum atomic E-state index is -3.34. The van der Waals surface area contributed by atoms with Gasteiger partial charge in [0.25, 0.3) is 0 Å². The van der Waals surface area contributed by atoms with Gasteiger partial charge in [-0.2, -0.15) is 0 Å². The molecule has 4 nitrogen and oxygen atoms in total. The van der Waals surface area contributed by atoms with Crippen molar-refractivity contribution >= 4 is 9.84 Å². The minimum absolute atomic E-state index is 0.104. The van der Waals surface area contributed by atoms with Crippen LogP contribution in [-0.4, -0.2) is 27.4 Å². The average molecular weight is 308 g/mol. The molecule has 1 aliphatic heterocycles. The van der Waals surface area contributed by atoms with Crippen molar-refractivity contribution in [3.63, 3.8) is 0 Å². The number of sulfone groups is 1. The molecular weight excluding hydrogens is 288 g/mol. The van der Waals surface area contributed by atoms with Crippen LogP contribution in [0.5, 0.6) is 0 Å². The second kappa shape index (κ2) is 6.30. The third-order valence-electron chi connectivity index (χ3n) is 3.82. The van der Waals surface area contributed by atoms with Gasteiger partial charge in [0.05, 0.1) is 11.0 Å². The zero-order valence-corrected chi connectivity index (χ0v) is 12.7. The maximum Gasteiger partial charge on any atom is 0.199 e. The fourth-order valence-corrected chi connectivity index (χ4v) is 3.56. The van der Waals surface area contributed by atoms with Gasteiger partial charge in [0.1, 0.15) is 0 Å². The van der Waals surface area contributed by atoms with E-state index in [1.54, 1.807) is 36.4 Å². The lowest BCUT2D eigenvalue weighted by Gasteiger charge is -2.22. The lowest BCUT2D eigenvalue weighted by Crippen LogP contribution is -2.23. The van der Waals surface area contributed by atoms with Crippen LogP contribution in [-0.2, 0) is 19.3 Å². The van der Waals surface area contributed by atoms with E-state index < -0.39 is 9.84 Å². The fourth-order valence-electron chi connectivity index (χ4n) is 2.46. The number of hydrogen-bond acceptors (Lipinski definition) is 4. The summed E-state index contributed by atoms with van der Waals surface area (Å²) in [4.78, 5) is 0.329. The lowest BCUT2D eigenvalue weighted by molar-refractivity contribution is -0.170. The van der Waals surface area contributed by atoms with Crippen LogP contribution in [0.1, 0.15) is 25.7 Å². The largest absolute Gasteiger partial charge is 0.353 e. The normalized spacial score (nSPS) is 29.6. The first kappa shape index (κ1) is 14.8. The standard InChI is InChI=1S/C16H20O4S/c17-21(18,14-6-2-1-3-7-14)11-9-13-12-15(13)20-16-8-4-5-10-19-16/h1-3,6-7,9,11,13,15-16H,4-5,8,10,12H2/b11-9+/t13-,15+,16?/m0/s1. The Labute approximate surface area is 125 Å². The summed E-state index contributed by atoms with van der Waals surface area (Å²) in [6.45, 7) is 0.764. The molecule has 1 aromatic rings. The van der Waals surface area contributed by atoms with E-state index in [2.05, 4.69) is 0 Å². The summed E-state index contributed by atoms with van der Waals surface area (Å²) < 4.78 is 35.6. The predicted octanol–water partition coefficient (Wildman–Crippen LogP) is 2.91. The Balaban J connectivity index is 1.53. The summed E-state index contributed by atoms with van der Waals surface area (Å²) in [6, 6.07) is 8.47. The molecule has 0 aromatic heterocycles. The van der Waals surface area contributed by atoms with Crippen molar-refractivity contribution < 1.29 is 17.9 Å². The highest BCUT2D eigenvalue weighted by molar-refractivity contribution is 7.94. The third-order valence-corrected chi connectivity index (χ3v) is 5.26. The molecule has 1 heterocycles. The minimum Gasteiger partial charge on any atom is -0.353 e. The van der Waals surface area contributed by atoms with Crippen molar-refractivity contribution in [1.29, 1.82) is 0 Å². The molecule has 0 radical (unpaired) electrons. The molecule has 1 aliphatic carbocycles. The van der Waals surface area contributed by atoms with Gasteiger partial charge in [-0.25, -0.2) is 8.42 Å². The number of benzene rings is 1. The summed E-state index contributed by atoms with van der Waals surface area (Å²) in [5.74, 6) is 0.189. The lowest BCUT2D eigenvalue weighted by atomic mass is 10.2. The first-order chi connectivity index (χ1) is 10.1. The molecule has 1 saturated heterocycles. The highest BCUT2D eigenvalue weighted by Gasteiger charge is 2.38. The van der Waals surface area contributed by atoms with Gasteiger partial charge >= 0.3 is 0 Å². The van der Waals surface area contributed by atoms with E-state index in [1.165, 1.54) is 5.41 Å². The predicted molar refractivity (Wildman–Crippen MR) is 79.3 cm³/mol. The average Bonchev–Trinajstić information content (AvgIpc) is 3.25. The molecule has 3 rings (SSSR count). The molecule has 2 aliphatic rings. The molecule has 3 atom stereocenters. The summed E-state index contributed by atoms with van der Waals surface area (Å²) in [7, 11) is -3.34. The van der Waals surface area contributed by atoms with Crippen molar-refractivity contribution in [3.05, 3.63) is 41.8 Å². The molecule has 0 spiro atoms. The Kier molecular flexibility index (Phi) is 4.42. The molecule has 5 heteroatoms. The first-order valence-corrected chi connectivity index (χ1v) is 8.95. The summed E-state index contributed by atoms with van der Waals surface area (Å²) in [6.07, 6.45) is 5.80. The Morgan fingerprint density at radius 1 is 1.19 bits per heavy atom. The fraction of sp³-hybridized carbons (Fsp3) is 0.500. The Bertz CT molecular complexity index is 588. The zero-order valence-electron chi connectivity index (χ0n) is 11.9. The first-order valence-electron chi connectivity index (χ1n) is 7.40. The number of ether oxygens (including phenoxy) is 2. The van der Waals surface area contributed by atoms with Gasteiger partial charge in [0.15, 0.2) is 16.1 Å². The molecule has 2 fully saturated rings. The Morgan fingerprint density at radius 3 is 2.71 bits per heavy atom. The van der Waals surface area contributed by atoms with E-state index in [4.69, 9.17) is 9.47 Å². The molecule has 1 saturated carbocycles. The van der Waals surface area contributed by atoms with Crippen molar-refractivity contribution in [2.24, 2.45) is 5.92 Å². The quantitative estimate of drug-likeness (QED) is 0.839. The maximum absolute atomic E-state index is 12.1. The third kappa shape index (κ3) is 3.93. The van der Waals surface area contributed by atoms with Gasteiger partial charge in [0, 0.05) is 17.9 Å². The highest BCUT2D eigenvalue weighted by Crippen LogP contribution is 2.37. The molecule has 114 valence electrons. The molecule has 0 bridgehead atoms. The molecular formula is C16H20O4S.